The lowest BCUT2D eigenvalue weighted by atomic mass is 9.92. The number of rotatable bonds is 2. The van der Waals surface area contributed by atoms with E-state index in [1.807, 2.05) is 19.1 Å². The van der Waals surface area contributed by atoms with Crippen molar-refractivity contribution in [3.05, 3.63) is 35.0 Å². The van der Waals surface area contributed by atoms with Gasteiger partial charge in [-0.25, -0.2) is 0 Å². The summed E-state index contributed by atoms with van der Waals surface area (Å²) >= 11 is 5.97. The second-order valence-corrected chi connectivity index (χ2v) is 6.33. The van der Waals surface area contributed by atoms with Crippen molar-refractivity contribution in [3.8, 4) is 0 Å². The lowest BCUT2D eigenvalue weighted by Gasteiger charge is -2.36. The smallest absolute Gasteiger partial charge is 0.270 e. The summed E-state index contributed by atoms with van der Waals surface area (Å²) in [5, 5.41) is 1.53. The Labute approximate surface area is 133 Å². The molecule has 3 rings (SSSR count). The fraction of sp³-hybridized carbons (Fsp3) is 0.375. The maximum atomic E-state index is 12.7. The zero-order valence-corrected chi connectivity index (χ0v) is 13.1. The fourth-order valence-corrected chi connectivity index (χ4v) is 3.18. The molecule has 2 aromatic rings. The first-order valence-electron chi connectivity index (χ1n) is 7.34. The summed E-state index contributed by atoms with van der Waals surface area (Å²) in [6.07, 6.45) is 1.52. The molecule has 0 radical (unpaired) electrons. The maximum absolute atomic E-state index is 12.7. The van der Waals surface area contributed by atoms with Crippen molar-refractivity contribution in [2.45, 2.75) is 25.8 Å². The number of piperidine rings is 1. The van der Waals surface area contributed by atoms with Gasteiger partial charge in [-0.15, -0.1) is 0 Å². The van der Waals surface area contributed by atoms with Crippen LogP contribution in [0.5, 0.6) is 0 Å². The Morgan fingerprint density at radius 2 is 2.09 bits per heavy atom. The van der Waals surface area contributed by atoms with Crippen molar-refractivity contribution >= 4 is 34.3 Å². The molecule has 116 valence electrons. The predicted octanol–water partition coefficient (Wildman–Crippen LogP) is 2.55. The quantitative estimate of drug-likeness (QED) is 0.892. The van der Waals surface area contributed by atoms with Gasteiger partial charge in [-0.2, -0.15) is 0 Å². The van der Waals surface area contributed by atoms with Crippen LogP contribution in [0.25, 0.3) is 10.9 Å². The number of nitrogens with one attached hydrogen (secondary N) is 1. The van der Waals surface area contributed by atoms with Crippen LogP contribution in [0.1, 0.15) is 30.3 Å². The lowest BCUT2D eigenvalue weighted by Crippen LogP contribution is -2.48. The first-order chi connectivity index (χ1) is 10.5. The largest absolute Gasteiger partial charge is 0.369 e. The van der Waals surface area contributed by atoms with E-state index < -0.39 is 0 Å². The third-order valence-electron chi connectivity index (χ3n) is 4.36. The minimum absolute atomic E-state index is 0.0955. The summed E-state index contributed by atoms with van der Waals surface area (Å²) in [4.78, 5) is 29.0. The van der Waals surface area contributed by atoms with Crippen molar-refractivity contribution in [1.82, 2.24) is 9.88 Å². The summed E-state index contributed by atoms with van der Waals surface area (Å²) in [6.45, 7) is 2.38. The number of halogens is 1. The van der Waals surface area contributed by atoms with Gasteiger partial charge < -0.3 is 15.6 Å². The molecular weight excluding hydrogens is 302 g/mol. The van der Waals surface area contributed by atoms with Gasteiger partial charge in [-0.3, -0.25) is 9.59 Å². The Hall–Kier alpha value is -2.01. The van der Waals surface area contributed by atoms with E-state index in [0.717, 1.165) is 23.7 Å². The molecule has 2 heterocycles. The Bertz CT molecular complexity index is 740. The van der Waals surface area contributed by atoms with Gasteiger partial charge in [-0.1, -0.05) is 11.6 Å². The van der Waals surface area contributed by atoms with Crippen LogP contribution in [0.2, 0.25) is 5.02 Å². The molecule has 2 atom stereocenters. The Morgan fingerprint density at radius 1 is 1.32 bits per heavy atom. The van der Waals surface area contributed by atoms with Crippen LogP contribution in [-0.4, -0.2) is 34.3 Å². The third-order valence-corrected chi connectivity index (χ3v) is 4.59. The topological polar surface area (TPSA) is 79.2 Å². The van der Waals surface area contributed by atoms with Crippen LogP contribution >= 0.6 is 11.6 Å². The molecule has 22 heavy (non-hydrogen) atoms. The van der Waals surface area contributed by atoms with Gasteiger partial charge in [-0.05, 0) is 44.0 Å². The molecule has 2 amide bonds. The first kappa shape index (κ1) is 14.9. The van der Waals surface area contributed by atoms with Gasteiger partial charge in [0.15, 0.2) is 0 Å². The van der Waals surface area contributed by atoms with E-state index in [9.17, 15) is 9.59 Å². The number of aromatic amines is 1. The summed E-state index contributed by atoms with van der Waals surface area (Å²) in [7, 11) is 0. The molecule has 5 nitrogen and oxygen atoms in total. The molecule has 1 aromatic heterocycles. The van der Waals surface area contributed by atoms with Gasteiger partial charge in [0.05, 0.1) is 5.92 Å². The molecular formula is C16H18ClN3O2. The molecule has 3 N–H and O–H groups in total. The Kier molecular flexibility index (Phi) is 3.83. The molecule has 0 spiro atoms. The minimum atomic E-state index is -0.340. The highest BCUT2D eigenvalue weighted by Crippen LogP contribution is 2.25. The molecule has 0 unspecified atom stereocenters. The van der Waals surface area contributed by atoms with Crippen molar-refractivity contribution in [2.75, 3.05) is 6.54 Å². The second-order valence-electron chi connectivity index (χ2n) is 5.90. The van der Waals surface area contributed by atoms with Crippen molar-refractivity contribution in [3.63, 3.8) is 0 Å². The molecule has 1 aliphatic heterocycles. The highest BCUT2D eigenvalue weighted by Gasteiger charge is 2.32. The van der Waals surface area contributed by atoms with Gasteiger partial charge in [0, 0.05) is 28.5 Å². The van der Waals surface area contributed by atoms with E-state index in [0.29, 0.717) is 17.3 Å². The number of likely N-dealkylation sites (tertiary alicyclic amines) is 1. The standard InChI is InChI=1S/C16H18ClN3O2/c1-9-2-3-10(15(18)21)8-20(9)16(22)14-7-11-6-12(17)4-5-13(11)19-14/h4-7,9-10,19H,2-3,8H2,1H3,(H2,18,21)/t9-,10-/m0/s1. The first-order valence-corrected chi connectivity index (χ1v) is 7.72. The van der Waals surface area contributed by atoms with E-state index >= 15 is 0 Å². The summed E-state index contributed by atoms with van der Waals surface area (Å²) in [5.41, 5.74) is 6.77. The van der Waals surface area contributed by atoms with E-state index in [1.165, 1.54) is 0 Å². The number of amides is 2. The van der Waals surface area contributed by atoms with Gasteiger partial charge in [0.25, 0.3) is 5.91 Å². The number of hydrogen-bond acceptors (Lipinski definition) is 2. The van der Waals surface area contributed by atoms with Crippen LogP contribution in [0.3, 0.4) is 0 Å². The van der Waals surface area contributed by atoms with Crippen molar-refractivity contribution < 1.29 is 9.59 Å². The molecule has 0 bridgehead atoms. The molecule has 1 saturated heterocycles. The van der Waals surface area contributed by atoms with Crippen molar-refractivity contribution in [2.24, 2.45) is 11.7 Å². The lowest BCUT2D eigenvalue weighted by molar-refractivity contribution is -0.123. The Balaban J connectivity index is 1.88. The van der Waals surface area contributed by atoms with Crippen LogP contribution in [-0.2, 0) is 4.79 Å². The SMILES string of the molecule is C[C@H]1CC[C@H](C(N)=O)CN1C(=O)c1cc2cc(Cl)ccc2[nH]1. The number of carbonyl (C=O) groups excluding carboxylic acids is 2. The minimum Gasteiger partial charge on any atom is -0.369 e. The van der Waals surface area contributed by atoms with Gasteiger partial charge >= 0.3 is 0 Å². The van der Waals surface area contributed by atoms with Crippen molar-refractivity contribution in [1.29, 1.82) is 0 Å². The van der Waals surface area contributed by atoms with E-state index in [2.05, 4.69) is 4.98 Å². The highest BCUT2D eigenvalue weighted by atomic mass is 35.5. The monoisotopic (exact) mass is 319 g/mol. The molecule has 1 aromatic carbocycles. The number of benzene rings is 1. The number of nitrogens with zero attached hydrogens (tertiary/aromatic N) is 1. The average molecular weight is 320 g/mol. The number of carbonyl (C=O) groups is 2. The average Bonchev–Trinajstić information content (AvgIpc) is 2.89. The number of nitrogens with two attached hydrogens (primary N) is 1. The molecule has 1 fully saturated rings. The number of fused-ring (bicyclic) bond motifs is 1. The maximum Gasteiger partial charge on any atom is 0.270 e. The molecule has 0 saturated carbocycles. The van der Waals surface area contributed by atoms with Crippen LogP contribution < -0.4 is 5.73 Å². The second kappa shape index (κ2) is 5.65. The summed E-state index contributed by atoms with van der Waals surface area (Å²) in [5.74, 6) is -0.710. The molecule has 1 aliphatic rings. The van der Waals surface area contributed by atoms with E-state index in [4.69, 9.17) is 17.3 Å². The number of primary amides is 1. The zero-order chi connectivity index (χ0) is 15.9. The summed E-state index contributed by atoms with van der Waals surface area (Å²) < 4.78 is 0. The molecule has 0 aliphatic carbocycles. The van der Waals surface area contributed by atoms with Gasteiger partial charge in [0.1, 0.15) is 5.69 Å². The normalized spacial score (nSPS) is 22.0. The number of H-pyrrole nitrogens is 1. The van der Waals surface area contributed by atoms with E-state index in [-0.39, 0.29) is 23.8 Å². The summed E-state index contributed by atoms with van der Waals surface area (Å²) in [6, 6.07) is 7.33. The number of aromatic nitrogens is 1. The van der Waals surface area contributed by atoms with Gasteiger partial charge in [0.2, 0.25) is 5.91 Å². The third kappa shape index (κ3) is 2.68. The van der Waals surface area contributed by atoms with Crippen LogP contribution in [0.15, 0.2) is 24.3 Å². The molecule has 6 heteroatoms. The number of hydrogen-bond donors (Lipinski definition) is 2. The highest BCUT2D eigenvalue weighted by molar-refractivity contribution is 6.31. The predicted molar refractivity (Wildman–Crippen MR) is 85.7 cm³/mol. The van der Waals surface area contributed by atoms with Crippen LogP contribution in [0.4, 0.5) is 0 Å². The van der Waals surface area contributed by atoms with E-state index in [1.54, 1.807) is 17.0 Å². The fourth-order valence-electron chi connectivity index (χ4n) is 3.00. The zero-order valence-electron chi connectivity index (χ0n) is 12.3. The Morgan fingerprint density at radius 3 is 2.82 bits per heavy atom. The van der Waals surface area contributed by atoms with Crippen LogP contribution in [0, 0.1) is 5.92 Å².